The van der Waals surface area contributed by atoms with Gasteiger partial charge in [0.2, 0.25) is 0 Å². The maximum atomic E-state index is 8.99. The van der Waals surface area contributed by atoms with E-state index in [4.69, 9.17) is 21.5 Å². The Morgan fingerprint density at radius 3 is 3.00 bits per heavy atom. The molecule has 6 nitrogen and oxygen atoms in total. The van der Waals surface area contributed by atoms with Crippen LogP contribution in [0.15, 0.2) is 34.8 Å². The molecular weight excluding hydrogens is 382 g/mol. The van der Waals surface area contributed by atoms with E-state index in [0.29, 0.717) is 23.6 Å². The van der Waals surface area contributed by atoms with E-state index in [1.807, 2.05) is 18.2 Å². The van der Waals surface area contributed by atoms with Crippen molar-refractivity contribution in [3.05, 3.63) is 40.4 Å². The third-order valence-corrected chi connectivity index (χ3v) is 4.84. The summed E-state index contributed by atoms with van der Waals surface area (Å²) >= 11 is 3.43. The molecule has 1 atom stereocenters. The summed E-state index contributed by atoms with van der Waals surface area (Å²) in [4.78, 5) is 0. The number of benzene rings is 2. The van der Waals surface area contributed by atoms with Gasteiger partial charge in [-0.1, -0.05) is 6.07 Å². The quantitative estimate of drug-likeness (QED) is 0.450. The van der Waals surface area contributed by atoms with Crippen molar-refractivity contribution in [1.29, 1.82) is 5.26 Å². The molecule has 1 aliphatic heterocycles. The third-order valence-electron chi connectivity index (χ3n) is 4.15. The number of nitrogens with two attached hydrogens (primary N) is 2. The predicted molar refractivity (Wildman–Crippen MR) is 105 cm³/mol. The molecule has 0 spiro atoms. The van der Waals surface area contributed by atoms with Crippen LogP contribution in [0.5, 0.6) is 5.75 Å². The molecule has 0 radical (unpaired) electrons. The van der Waals surface area contributed by atoms with Gasteiger partial charge < -0.3 is 26.8 Å². The Morgan fingerprint density at radius 1 is 1.36 bits per heavy atom. The van der Waals surface area contributed by atoms with Crippen molar-refractivity contribution >= 4 is 38.7 Å². The fourth-order valence-corrected chi connectivity index (χ4v) is 3.19. The number of nitrogen functional groups attached to an aromatic ring is 2. The normalized spacial score (nSPS) is 15.4. The van der Waals surface area contributed by atoms with E-state index >= 15 is 0 Å². The molecular formula is C18H20BrN5O. The van der Waals surface area contributed by atoms with Gasteiger partial charge in [0, 0.05) is 17.1 Å². The minimum atomic E-state index is 0.185. The molecule has 3 rings (SSSR count). The predicted octanol–water partition coefficient (Wildman–Crippen LogP) is 3.55. The van der Waals surface area contributed by atoms with Gasteiger partial charge in [0.15, 0.2) is 0 Å². The molecule has 2 aromatic rings. The maximum absolute atomic E-state index is 8.99. The molecule has 130 valence electrons. The number of halogens is 1. The molecule has 7 heteroatoms. The molecule has 0 unspecified atom stereocenters. The van der Waals surface area contributed by atoms with Crippen molar-refractivity contribution in [2.45, 2.75) is 18.9 Å². The fourth-order valence-electron chi connectivity index (χ4n) is 2.82. The molecule has 1 heterocycles. The summed E-state index contributed by atoms with van der Waals surface area (Å²) in [6.45, 7) is 1.37. The zero-order valence-corrected chi connectivity index (χ0v) is 15.3. The lowest BCUT2D eigenvalue weighted by Gasteiger charge is -2.28. The first-order valence-corrected chi connectivity index (χ1v) is 8.88. The van der Waals surface area contributed by atoms with E-state index in [2.05, 4.69) is 32.6 Å². The van der Waals surface area contributed by atoms with Gasteiger partial charge in [-0.3, -0.25) is 0 Å². The van der Waals surface area contributed by atoms with Crippen LogP contribution >= 0.6 is 15.9 Å². The Morgan fingerprint density at radius 2 is 2.20 bits per heavy atom. The highest BCUT2D eigenvalue weighted by Gasteiger charge is 2.21. The average Bonchev–Trinajstić information content (AvgIpc) is 2.62. The van der Waals surface area contributed by atoms with E-state index in [-0.39, 0.29) is 6.04 Å². The van der Waals surface area contributed by atoms with E-state index in [9.17, 15) is 0 Å². The van der Waals surface area contributed by atoms with Gasteiger partial charge in [-0.25, -0.2) is 0 Å². The number of ether oxygens (including phenoxy) is 1. The van der Waals surface area contributed by atoms with Crippen molar-refractivity contribution in [2.75, 3.05) is 35.3 Å². The highest BCUT2D eigenvalue weighted by Crippen LogP contribution is 2.36. The fraction of sp³-hybridized carbons (Fsp3) is 0.278. The molecule has 0 aromatic heterocycles. The third kappa shape index (κ3) is 3.91. The van der Waals surface area contributed by atoms with Gasteiger partial charge >= 0.3 is 0 Å². The first kappa shape index (κ1) is 17.2. The Bertz CT molecular complexity index is 818. The SMILES string of the molecule is N#Cc1cc(N)c2c(c1)OC[C@H](CCCNc1cccc(Br)c1N)N2. The molecule has 2 aromatic carbocycles. The molecule has 0 aliphatic carbocycles. The van der Waals surface area contributed by atoms with Crippen LogP contribution in [0, 0.1) is 11.3 Å². The summed E-state index contributed by atoms with van der Waals surface area (Å²) in [7, 11) is 0. The van der Waals surface area contributed by atoms with Gasteiger partial charge in [-0.05, 0) is 47.0 Å². The van der Waals surface area contributed by atoms with Gasteiger partial charge in [0.25, 0.3) is 0 Å². The second-order valence-electron chi connectivity index (χ2n) is 5.97. The van der Waals surface area contributed by atoms with Crippen molar-refractivity contribution in [3.8, 4) is 11.8 Å². The van der Waals surface area contributed by atoms with Crippen LogP contribution < -0.4 is 26.8 Å². The highest BCUT2D eigenvalue weighted by atomic mass is 79.9. The summed E-state index contributed by atoms with van der Waals surface area (Å²) < 4.78 is 6.66. The molecule has 0 amide bonds. The van der Waals surface area contributed by atoms with E-state index in [1.165, 1.54) is 0 Å². The molecule has 0 saturated carbocycles. The monoisotopic (exact) mass is 401 g/mol. The molecule has 6 N–H and O–H groups in total. The van der Waals surface area contributed by atoms with Crippen LogP contribution in [-0.4, -0.2) is 19.2 Å². The van der Waals surface area contributed by atoms with Crippen LogP contribution in [-0.2, 0) is 0 Å². The number of anilines is 4. The maximum Gasteiger partial charge on any atom is 0.145 e. The Balaban J connectivity index is 1.52. The average molecular weight is 402 g/mol. The first-order chi connectivity index (χ1) is 12.1. The van der Waals surface area contributed by atoms with Crippen molar-refractivity contribution in [2.24, 2.45) is 0 Å². The zero-order chi connectivity index (χ0) is 17.8. The molecule has 0 saturated heterocycles. The lowest BCUT2D eigenvalue weighted by atomic mass is 10.1. The molecule has 0 bridgehead atoms. The minimum absolute atomic E-state index is 0.185. The number of hydrogen-bond donors (Lipinski definition) is 4. The summed E-state index contributed by atoms with van der Waals surface area (Å²) in [6.07, 6.45) is 1.89. The number of nitrogens with zero attached hydrogens (tertiary/aromatic N) is 1. The van der Waals surface area contributed by atoms with Crippen LogP contribution in [0.2, 0.25) is 0 Å². The molecule has 25 heavy (non-hydrogen) atoms. The summed E-state index contributed by atoms with van der Waals surface area (Å²) in [5.74, 6) is 0.646. The minimum Gasteiger partial charge on any atom is -0.489 e. The Hall–Kier alpha value is -2.59. The number of nitrogens with one attached hydrogen (secondary N) is 2. The van der Waals surface area contributed by atoms with Crippen LogP contribution in [0.4, 0.5) is 22.7 Å². The smallest absolute Gasteiger partial charge is 0.145 e. The van der Waals surface area contributed by atoms with Crippen molar-refractivity contribution in [3.63, 3.8) is 0 Å². The van der Waals surface area contributed by atoms with Crippen molar-refractivity contribution in [1.82, 2.24) is 0 Å². The summed E-state index contributed by atoms with van der Waals surface area (Å²) in [5, 5.41) is 15.8. The van der Waals surface area contributed by atoms with Gasteiger partial charge in [0.05, 0.1) is 34.7 Å². The summed E-state index contributed by atoms with van der Waals surface area (Å²) in [5.41, 5.74) is 15.5. The Labute approximate surface area is 155 Å². The summed E-state index contributed by atoms with van der Waals surface area (Å²) in [6, 6.07) is 11.5. The first-order valence-electron chi connectivity index (χ1n) is 8.09. The Kier molecular flexibility index (Phi) is 5.19. The van der Waals surface area contributed by atoms with E-state index in [0.717, 1.165) is 40.9 Å². The number of nitriles is 1. The van der Waals surface area contributed by atoms with E-state index < -0.39 is 0 Å². The van der Waals surface area contributed by atoms with Crippen LogP contribution in [0.25, 0.3) is 0 Å². The second-order valence-corrected chi connectivity index (χ2v) is 6.83. The molecule has 0 fully saturated rings. The van der Waals surface area contributed by atoms with Crippen LogP contribution in [0.3, 0.4) is 0 Å². The number of hydrogen-bond acceptors (Lipinski definition) is 6. The lowest BCUT2D eigenvalue weighted by molar-refractivity contribution is 0.277. The lowest BCUT2D eigenvalue weighted by Crippen LogP contribution is -2.32. The standard InChI is InChI=1S/C18H20BrN5O/c19-13-4-1-5-15(17(13)22)23-6-2-3-12-10-25-16-8-11(9-20)7-14(21)18(16)24-12/h1,4-5,7-8,12,23-24H,2-3,6,10,21-22H2/t12-/m0/s1. The molecule has 1 aliphatic rings. The van der Waals surface area contributed by atoms with Gasteiger partial charge in [-0.2, -0.15) is 5.26 Å². The largest absolute Gasteiger partial charge is 0.489 e. The highest BCUT2D eigenvalue weighted by molar-refractivity contribution is 9.10. The van der Waals surface area contributed by atoms with Gasteiger partial charge in [-0.15, -0.1) is 0 Å². The zero-order valence-electron chi connectivity index (χ0n) is 13.7. The second kappa shape index (κ2) is 7.53. The van der Waals surface area contributed by atoms with Gasteiger partial charge in [0.1, 0.15) is 18.0 Å². The number of fused-ring (bicyclic) bond motifs is 1. The number of para-hydroxylation sites is 1. The van der Waals surface area contributed by atoms with Crippen LogP contribution in [0.1, 0.15) is 18.4 Å². The topological polar surface area (TPSA) is 109 Å². The van der Waals surface area contributed by atoms with Crippen molar-refractivity contribution < 1.29 is 4.74 Å². The number of rotatable bonds is 5. The van der Waals surface area contributed by atoms with E-state index in [1.54, 1.807) is 12.1 Å².